The first-order valence-corrected chi connectivity index (χ1v) is 8.13. The maximum atomic E-state index is 10.1. The molecule has 0 amide bonds. The molecule has 0 radical (unpaired) electrons. The number of rotatable bonds is 4. The number of nitrogens with one attached hydrogen (secondary N) is 1. The highest BCUT2D eigenvalue weighted by molar-refractivity contribution is 5.27. The predicted octanol–water partition coefficient (Wildman–Crippen LogP) is 3.65. The van der Waals surface area contributed by atoms with Gasteiger partial charge in [-0.1, -0.05) is 25.0 Å². The molecule has 3 heteroatoms. The lowest BCUT2D eigenvalue weighted by Gasteiger charge is -2.23. The van der Waals surface area contributed by atoms with E-state index in [1.807, 2.05) is 12.1 Å². The molecule has 0 heterocycles. The SMILES string of the molecule is CC(C)(C)NCc1ccc(OC2CCCCCC2O)cc1. The molecule has 0 saturated heterocycles. The molecule has 1 saturated carbocycles. The van der Waals surface area contributed by atoms with E-state index < -0.39 is 0 Å². The molecule has 1 aromatic carbocycles. The molecule has 3 nitrogen and oxygen atoms in total. The zero-order valence-corrected chi connectivity index (χ0v) is 13.6. The summed E-state index contributed by atoms with van der Waals surface area (Å²) in [6, 6.07) is 8.21. The van der Waals surface area contributed by atoms with Crippen LogP contribution in [0, 0.1) is 0 Å². The Kier molecular flexibility index (Phi) is 5.65. The summed E-state index contributed by atoms with van der Waals surface area (Å²) in [4.78, 5) is 0. The minimum Gasteiger partial charge on any atom is -0.488 e. The summed E-state index contributed by atoms with van der Waals surface area (Å²) in [5.41, 5.74) is 1.37. The second kappa shape index (κ2) is 7.28. The normalized spacial score (nSPS) is 23.6. The van der Waals surface area contributed by atoms with E-state index in [1.54, 1.807) is 0 Å². The number of ether oxygens (including phenoxy) is 1. The van der Waals surface area contributed by atoms with Gasteiger partial charge < -0.3 is 15.2 Å². The number of benzene rings is 1. The fourth-order valence-corrected chi connectivity index (χ4v) is 2.62. The molecule has 2 N–H and O–H groups in total. The maximum absolute atomic E-state index is 10.1. The Hall–Kier alpha value is -1.06. The van der Waals surface area contributed by atoms with E-state index in [-0.39, 0.29) is 17.7 Å². The summed E-state index contributed by atoms with van der Waals surface area (Å²) in [7, 11) is 0. The van der Waals surface area contributed by atoms with Crippen LogP contribution in [0.4, 0.5) is 0 Å². The molecule has 0 bridgehead atoms. The number of aliphatic hydroxyl groups is 1. The number of hydrogen-bond donors (Lipinski definition) is 2. The summed E-state index contributed by atoms with van der Waals surface area (Å²) >= 11 is 0. The van der Waals surface area contributed by atoms with Crippen molar-refractivity contribution in [2.45, 2.75) is 77.2 Å². The molecule has 21 heavy (non-hydrogen) atoms. The van der Waals surface area contributed by atoms with Gasteiger partial charge in [0, 0.05) is 12.1 Å². The zero-order chi connectivity index (χ0) is 15.3. The zero-order valence-electron chi connectivity index (χ0n) is 13.6. The van der Waals surface area contributed by atoms with Crippen molar-refractivity contribution in [1.82, 2.24) is 5.32 Å². The van der Waals surface area contributed by atoms with E-state index in [9.17, 15) is 5.11 Å². The van der Waals surface area contributed by atoms with E-state index in [4.69, 9.17) is 4.74 Å². The average molecular weight is 291 g/mol. The maximum Gasteiger partial charge on any atom is 0.124 e. The second-order valence-corrected chi connectivity index (χ2v) is 7.11. The van der Waals surface area contributed by atoms with Gasteiger partial charge in [-0.25, -0.2) is 0 Å². The number of hydrogen-bond acceptors (Lipinski definition) is 3. The minimum atomic E-state index is -0.324. The molecular weight excluding hydrogens is 262 g/mol. The van der Waals surface area contributed by atoms with Crippen LogP contribution in [0.3, 0.4) is 0 Å². The van der Waals surface area contributed by atoms with Crippen molar-refractivity contribution in [3.8, 4) is 5.75 Å². The standard InChI is InChI=1S/C18H29NO2/c1-18(2,3)19-13-14-9-11-15(12-10-14)21-17-8-6-4-5-7-16(17)20/h9-12,16-17,19-20H,4-8,13H2,1-3H3. The third-order valence-electron chi connectivity index (χ3n) is 3.95. The van der Waals surface area contributed by atoms with Crippen LogP contribution in [0.2, 0.25) is 0 Å². The van der Waals surface area contributed by atoms with Crippen LogP contribution in [-0.4, -0.2) is 22.9 Å². The van der Waals surface area contributed by atoms with Gasteiger partial charge >= 0.3 is 0 Å². The van der Waals surface area contributed by atoms with Crippen molar-refractivity contribution in [2.24, 2.45) is 0 Å². The molecule has 1 aliphatic carbocycles. The summed E-state index contributed by atoms with van der Waals surface area (Å²) in [5, 5.41) is 13.6. The van der Waals surface area contributed by atoms with Crippen LogP contribution in [0.1, 0.15) is 58.4 Å². The average Bonchev–Trinajstić information content (AvgIpc) is 2.63. The Morgan fingerprint density at radius 2 is 1.76 bits per heavy atom. The van der Waals surface area contributed by atoms with Gasteiger partial charge in [0.2, 0.25) is 0 Å². The Morgan fingerprint density at radius 1 is 1.10 bits per heavy atom. The Labute approximate surface area is 128 Å². The van der Waals surface area contributed by atoms with E-state index in [1.165, 1.54) is 12.0 Å². The Morgan fingerprint density at radius 3 is 2.43 bits per heavy atom. The van der Waals surface area contributed by atoms with Crippen molar-refractivity contribution in [2.75, 3.05) is 0 Å². The molecule has 2 rings (SSSR count). The largest absolute Gasteiger partial charge is 0.488 e. The summed E-state index contributed by atoms with van der Waals surface area (Å²) < 4.78 is 5.98. The molecule has 2 atom stereocenters. The molecule has 0 aromatic heterocycles. The van der Waals surface area contributed by atoms with Gasteiger partial charge in [-0.2, -0.15) is 0 Å². The van der Waals surface area contributed by atoms with Gasteiger partial charge in [-0.3, -0.25) is 0 Å². The quantitative estimate of drug-likeness (QED) is 0.832. The minimum absolute atomic E-state index is 0.0500. The number of aliphatic hydroxyl groups excluding tert-OH is 1. The van der Waals surface area contributed by atoms with E-state index in [0.717, 1.165) is 38.0 Å². The van der Waals surface area contributed by atoms with Crippen molar-refractivity contribution in [1.29, 1.82) is 0 Å². The first-order valence-electron chi connectivity index (χ1n) is 8.13. The van der Waals surface area contributed by atoms with Crippen LogP contribution in [0.5, 0.6) is 5.75 Å². The fraction of sp³-hybridized carbons (Fsp3) is 0.667. The van der Waals surface area contributed by atoms with Crippen LogP contribution in [0.15, 0.2) is 24.3 Å². The third-order valence-corrected chi connectivity index (χ3v) is 3.95. The highest BCUT2D eigenvalue weighted by Crippen LogP contribution is 2.23. The lowest BCUT2D eigenvalue weighted by Crippen LogP contribution is -2.35. The summed E-state index contributed by atoms with van der Waals surface area (Å²) in [6.45, 7) is 7.35. The lowest BCUT2D eigenvalue weighted by atomic mass is 10.1. The molecule has 0 spiro atoms. The van der Waals surface area contributed by atoms with Crippen molar-refractivity contribution >= 4 is 0 Å². The van der Waals surface area contributed by atoms with Crippen LogP contribution in [-0.2, 0) is 6.54 Å². The highest BCUT2D eigenvalue weighted by atomic mass is 16.5. The molecule has 118 valence electrons. The van der Waals surface area contributed by atoms with Gasteiger partial charge in [-0.05, 0) is 57.7 Å². The molecule has 0 aliphatic heterocycles. The van der Waals surface area contributed by atoms with Crippen LogP contribution in [0.25, 0.3) is 0 Å². The summed E-state index contributed by atoms with van der Waals surface area (Å²) in [6.07, 6.45) is 4.90. The van der Waals surface area contributed by atoms with Crippen molar-refractivity contribution in [3.63, 3.8) is 0 Å². The smallest absolute Gasteiger partial charge is 0.124 e. The summed E-state index contributed by atoms with van der Waals surface area (Å²) in [5.74, 6) is 0.862. The van der Waals surface area contributed by atoms with E-state index in [0.29, 0.717) is 0 Å². The van der Waals surface area contributed by atoms with Crippen molar-refractivity contribution < 1.29 is 9.84 Å². The monoisotopic (exact) mass is 291 g/mol. The van der Waals surface area contributed by atoms with Gasteiger partial charge in [0.05, 0.1) is 6.10 Å². The lowest BCUT2D eigenvalue weighted by molar-refractivity contribution is 0.0320. The molecular formula is C18H29NO2. The van der Waals surface area contributed by atoms with E-state index in [2.05, 4.69) is 38.2 Å². The van der Waals surface area contributed by atoms with Gasteiger partial charge in [0.25, 0.3) is 0 Å². The Balaban J connectivity index is 1.89. The third kappa shape index (κ3) is 5.68. The fourth-order valence-electron chi connectivity index (χ4n) is 2.62. The predicted molar refractivity (Wildman–Crippen MR) is 86.5 cm³/mol. The highest BCUT2D eigenvalue weighted by Gasteiger charge is 2.23. The molecule has 1 aliphatic rings. The topological polar surface area (TPSA) is 41.5 Å². The van der Waals surface area contributed by atoms with Crippen LogP contribution >= 0.6 is 0 Å². The molecule has 1 fully saturated rings. The van der Waals surface area contributed by atoms with Gasteiger partial charge in [-0.15, -0.1) is 0 Å². The van der Waals surface area contributed by atoms with Gasteiger partial charge in [0.1, 0.15) is 11.9 Å². The molecule has 1 aromatic rings. The van der Waals surface area contributed by atoms with Crippen LogP contribution < -0.4 is 10.1 Å². The Bertz CT molecular complexity index is 422. The van der Waals surface area contributed by atoms with Crippen molar-refractivity contribution in [3.05, 3.63) is 29.8 Å². The second-order valence-electron chi connectivity index (χ2n) is 7.11. The molecule has 2 unspecified atom stereocenters. The first kappa shape index (κ1) is 16.3. The first-order chi connectivity index (χ1) is 9.94. The van der Waals surface area contributed by atoms with E-state index >= 15 is 0 Å². The van der Waals surface area contributed by atoms with Gasteiger partial charge in [0.15, 0.2) is 0 Å².